The number of nitrogens with zero attached hydrogens (tertiary/aromatic N) is 1. The fourth-order valence-corrected chi connectivity index (χ4v) is 4.24. The maximum atomic E-state index is 10.7. The molecule has 0 aromatic carbocycles. The molecule has 2 rings (SSSR count). The Labute approximate surface area is 115 Å². The Bertz CT molecular complexity index is 433. The van der Waals surface area contributed by atoms with Gasteiger partial charge in [-0.1, -0.05) is 11.8 Å². The van der Waals surface area contributed by atoms with Crippen LogP contribution in [0.3, 0.4) is 0 Å². The zero-order chi connectivity index (χ0) is 13.1. The summed E-state index contributed by atoms with van der Waals surface area (Å²) in [4.78, 5) is 15.9. The van der Waals surface area contributed by atoms with E-state index in [1.165, 1.54) is 11.3 Å². The second kappa shape index (κ2) is 6.04. The Kier molecular flexibility index (Phi) is 4.64. The summed E-state index contributed by atoms with van der Waals surface area (Å²) in [7, 11) is 0. The van der Waals surface area contributed by atoms with E-state index in [1.807, 2.05) is 6.92 Å². The predicted octanol–water partition coefficient (Wildman–Crippen LogP) is 2.74. The molecule has 0 radical (unpaired) electrons. The molecular weight excluding hydrogens is 270 g/mol. The molecule has 1 aliphatic rings. The molecule has 1 fully saturated rings. The highest BCUT2D eigenvalue weighted by Gasteiger charge is 2.22. The lowest BCUT2D eigenvalue weighted by Gasteiger charge is -2.08. The number of rotatable bonds is 5. The van der Waals surface area contributed by atoms with Crippen LogP contribution in [0.4, 0.5) is 0 Å². The number of carboxylic acid groups (broad SMARTS) is 1. The smallest absolute Gasteiger partial charge is 0.308 e. The molecule has 4 nitrogen and oxygen atoms in total. The number of aryl methyl sites for hydroxylation is 1. The summed E-state index contributed by atoms with van der Waals surface area (Å²) in [6.45, 7) is 3.97. The molecule has 0 spiro atoms. The number of hydrogen-bond donors (Lipinski definition) is 1. The van der Waals surface area contributed by atoms with Gasteiger partial charge in [0.05, 0.1) is 24.3 Å². The SMILES string of the molecule is Cc1nc(SCC2CCC(C)O2)sc1CC(=O)O. The third-order valence-corrected chi connectivity index (χ3v) is 5.33. The molecule has 1 N–H and O–H groups in total. The number of thiazole rings is 1. The molecule has 0 amide bonds. The molecule has 0 saturated carbocycles. The molecule has 2 heterocycles. The van der Waals surface area contributed by atoms with Crippen LogP contribution in [0, 0.1) is 6.92 Å². The topological polar surface area (TPSA) is 59.4 Å². The average Bonchev–Trinajstić information content (AvgIpc) is 2.83. The quantitative estimate of drug-likeness (QED) is 0.844. The molecule has 2 atom stereocenters. The van der Waals surface area contributed by atoms with Crippen LogP contribution >= 0.6 is 23.1 Å². The highest BCUT2D eigenvalue weighted by Crippen LogP contribution is 2.31. The van der Waals surface area contributed by atoms with Crippen molar-refractivity contribution in [3.05, 3.63) is 10.6 Å². The lowest BCUT2D eigenvalue weighted by atomic mass is 10.2. The first kappa shape index (κ1) is 13.8. The van der Waals surface area contributed by atoms with Gasteiger partial charge in [0.15, 0.2) is 0 Å². The van der Waals surface area contributed by atoms with Gasteiger partial charge >= 0.3 is 5.97 Å². The fraction of sp³-hybridized carbons (Fsp3) is 0.667. The summed E-state index contributed by atoms with van der Waals surface area (Å²) in [5.41, 5.74) is 0.839. The van der Waals surface area contributed by atoms with E-state index in [4.69, 9.17) is 9.84 Å². The first-order valence-electron chi connectivity index (χ1n) is 6.01. The molecular formula is C12H17NO3S2. The standard InChI is InChI=1S/C12H17NO3S2/c1-7-3-4-9(16-7)6-17-12-13-8(2)10(18-12)5-11(14)15/h7,9H,3-6H2,1-2H3,(H,14,15). The fourth-order valence-electron chi connectivity index (χ4n) is 1.94. The molecule has 1 saturated heterocycles. The van der Waals surface area contributed by atoms with Gasteiger partial charge in [-0.15, -0.1) is 11.3 Å². The van der Waals surface area contributed by atoms with Crippen LogP contribution in [-0.4, -0.2) is 34.0 Å². The normalized spacial score (nSPS) is 23.4. The molecule has 1 aliphatic heterocycles. The van der Waals surface area contributed by atoms with Gasteiger partial charge in [-0.05, 0) is 26.7 Å². The minimum Gasteiger partial charge on any atom is -0.481 e. The highest BCUT2D eigenvalue weighted by atomic mass is 32.2. The van der Waals surface area contributed by atoms with Crippen molar-refractivity contribution in [3.8, 4) is 0 Å². The molecule has 100 valence electrons. The third kappa shape index (κ3) is 3.70. The zero-order valence-corrected chi connectivity index (χ0v) is 12.1. The summed E-state index contributed by atoms with van der Waals surface area (Å²) in [6, 6.07) is 0. The maximum Gasteiger partial charge on any atom is 0.308 e. The average molecular weight is 287 g/mol. The molecule has 18 heavy (non-hydrogen) atoms. The van der Waals surface area contributed by atoms with Crippen LogP contribution in [0.2, 0.25) is 0 Å². The van der Waals surface area contributed by atoms with Crippen LogP contribution in [0.5, 0.6) is 0 Å². The minimum atomic E-state index is -0.800. The highest BCUT2D eigenvalue weighted by molar-refractivity contribution is 8.01. The van der Waals surface area contributed by atoms with Gasteiger partial charge in [0.2, 0.25) is 0 Å². The number of thioether (sulfide) groups is 1. The van der Waals surface area contributed by atoms with Crippen LogP contribution in [0.25, 0.3) is 0 Å². The van der Waals surface area contributed by atoms with E-state index in [1.54, 1.807) is 11.8 Å². The molecule has 1 aromatic heterocycles. The van der Waals surface area contributed by atoms with Crippen molar-refractivity contribution in [2.45, 2.75) is 49.7 Å². The Hall–Kier alpha value is -0.590. The first-order chi connectivity index (χ1) is 8.54. The molecule has 0 aliphatic carbocycles. The number of aromatic nitrogens is 1. The van der Waals surface area contributed by atoms with Crippen molar-refractivity contribution in [1.82, 2.24) is 4.98 Å². The van der Waals surface area contributed by atoms with Crippen LogP contribution in [0.15, 0.2) is 4.34 Å². The van der Waals surface area contributed by atoms with E-state index in [2.05, 4.69) is 11.9 Å². The van der Waals surface area contributed by atoms with Crippen molar-refractivity contribution in [3.63, 3.8) is 0 Å². The van der Waals surface area contributed by atoms with Gasteiger partial charge in [-0.25, -0.2) is 4.98 Å². The maximum absolute atomic E-state index is 10.7. The predicted molar refractivity (Wildman–Crippen MR) is 72.5 cm³/mol. The van der Waals surface area contributed by atoms with Crippen molar-refractivity contribution in [1.29, 1.82) is 0 Å². The monoisotopic (exact) mass is 287 g/mol. The Balaban J connectivity index is 1.88. The third-order valence-electron chi connectivity index (χ3n) is 2.90. The van der Waals surface area contributed by atoms with Gasteiger partial charge in [-0.3, -0.25) is 4.79 Å². The van der Waals surface area contributed by atoms with Crippen molar-refractivity contribution in [2.24, 2.45) is 0 Å². The van der Waals surface area contributed by atoms with Gasteiger partial charge < -0.3 is 9.84 Å². The number of hydrogen-bond acceptors (Lipinski definition) is 5. The number of aliphatic carboxylic acids is 1. The largest absolute Gasteiger partial charge is 0.481 e. The van der Waals surface area contributed by atoms with Gasteiger partial charge in [0.1, 0.15) is 4.34 Å². The van der Waals surface area contributed by atoms with E-state index in [0.29, 0.717) is 12.2 Å². The van der Waals surface area contributed by atoms with Crippen LogP contribution in [0.1, 0.15) is 30.3 Å². The van der Waals surface area contributed by atoms with Crippen molar-refractivity contribution >= 4 is 29.1 Å². The number of carboxylic acids is 1. The molecule has 1 aromatic rings. The van der Waals surface area contributed by atoms with E-state index in [0.717, 1.165) is 33.5 Å². The van der Waals surface area contributed by atoms with E-state index in [9.17, 15) is 4.79 Å². The molecule has 0 bridgehead atoms. The molecule has 6 heteroatoms. The van der Waals surface area contributed by atoms with Crippen molar-refractivity contribution < 1.29 is 14.6 Å². The van der Waals surface area contributed by atoms with E-state index < -0.39 is 5.97 Å². The number of ether oxygens (including phenoxy) is 1. The van der Waals surface area contributed by atoms with Gasteiger partial charge in [0.25, 0.3) is 0 Å². The van der Waals surface area contributed by atoms with E-state index in [-0.39, 0.29) is 6.42 Å². The lowest BCUT2D eigenvalue weighted by Crippen LogP contribution is -2.10. The zero-order valence-electron chi connectivity index (χ0n) is 10.5. The Morgan fingerprint density at radius 3 is 3.00 bits per heavy atom. The first-order valence-corrected chi connectivity index (χ1v) is 7.81. The van der Waals surface area contributed by atoms with Crippen molar-refractivity contribution in [2.75, 3.05) is 5.75 Å². The second-order valence-corrected chi connectivity index (χ2v) is 6.87. The van der Waals surface area contributed by atoms with Gasteiger partial charge in [-0.2, -0.15) is 0 Å². The minimum absolute atomic E-state index is 0.0705. The Morgan fingerprint density at radius 1 is 1.61 bits per heavy atom. The second-order valence-electron chi connectivity index (χ2n) is 4.52. The summed E-state index contributed by atoms with van der Waals surface area (Å²) in [6.07, 6.45) is 3.00. The summed E-state index contributed by atoms with van der Waals surface area (Å²) < 4.78 is 6.70. The Morgan fingerprint density at radius 2 is 2.39 bits per heavy atom. The summed E-state index contributed by atoms with van der Waals surface area (Å²) in [5, 5.41) is 8.78. The summed E-state index contributed by atoms with van der Waals surface area (Å²) in [5.74, 6) is 0.107. The van der Waals surface area contributed by atoms with Crippen LogP contribution in [-0.2, 0) is 16.0 Å². The lowest BCUT2D eigenvalue weighted by molar-refractivity contribution is -0.136. The number of carbonyl (C=O) groups is 1. The van der Waals surface area contributed by atoms with Gasteiger partial charge in [0, 0.05) is 10.6 Å². The molecule has 2 unspecified atom stereocenters. The van der Waals surface area contributed by atoms with Crippen LogP contribution < -0.4 is 0 Å². The summed E-state index contributed by atoms with van der Waals surface area (Å²) >= 11 is 3.16. The van der Waals surface area contributed by atoms with E-state index >= 15 is 0 Å².